The minimum atomic E-state index is -0.171. The predicted molar refractivity (Wildman–Crippen MR) is 151 cm³/mol. The van der Waals surface area contributed by atoms with Crippen molar-refractivity contribution >= 4 is 17.6 Å². The molecular weight excluding hydrogens is 478 g/mol. The summed E-state index contributed by atoms with van der Waals surface area (Å²) < 4.78 is 7.94. The molecule has 3 aromatic rings. The molecule has 1 aromatic heterocycles. The van der Waals surface area contributed by atoms with Gasteiger partial charge < -0.3 is 20.3 Å². The van der Waals surface area contributed by atoms with Crippen molar-refractivity contribution in [1.82, 2.24) is 20.0 Å². The lowest BCUT2D eigenvalue weighted by Gasteiger charge is -2.38. The van der Waals surface area contributed by atoms with Crippen LogP contribution in [0.4, 0.5) is 5.82 Å². The number of para-hydroxylation sites is 1. The maximum Gasteiger partial charge on any atom is 0.257 e. The van der Waals surface area contributed by atoms with Crippen LogP contribution in [0.15, 0.2) is 67.3 Å². The number of aromatic nitrogens is 2. The van der Waals surface area contributed by atoms with E-state index >= 15 is 0 Å². The lowest BCUT2D eigenvalue weighted by molar-refractivity contribution is -0.127. The van der Waals surface area contributed by atoms with E-state index in [1.165, 1.54) is 6.08 Å². The van der Waals surface area contributed by atoms with Crippen molar-refractivity contribution in [2.45, 2.75) is 39.2 Å². The number of hydrogen-bond donors (Lipinski definition) is 2. The Kier molecular flexibility index (Phi) is 8.84. The molecule has 0 saturated carbocycles. The van der Waals surface area contributed by atoms with Gasteiger partial charge in [-0.05, 0) is 67.7 Å². The van der Waals surface area contributed by atoms with Gasteiger partial charge in [0, 0.05) is 32.2 Å². The Hall–Kier alpha value is -4.07. The molecule has 2 aromatic carbocycles. The number of anilines is 1. The first-order valence-corrected chi connectivity index (χ1v) is 13.4. The summed E-state index contributed by atoms with van der Waals surface area (Å²) in [5.41, 5.74) is 2.05. The highest BCUT2D eigenvalue weighted by molar-refractivity contribution is 6.04. The summed E-state index contributed by atoms with van der Waals surface area (Å²) in [5, 5.41) is 11.2. The number of ether oxygens (including phenoxy) is 1. The van der Waals surface area contributed by atoms with E-state index in [4.69, 9.17) is 9.84 Å². The number of fused-ring (bicyclic) bond motifs is 1. The third kappa shape index (κ3) is 5.59. The number of carbonyl (C=O) groups excluding carboxylic acids is 2. The summed E-state index contributed by atoms with van der Waals surface area (Å²) in [5.74, 6) is 2.44. The van der Waals surface area contributed by atoms with Crippen LogP contribution >= 0.6 is 0 Å². The SMILES string of the molecule is C=CC(=O)N1CCC(C2CCNc3c(C(=O)NC)c(-c4ccc(Oc5ccccc5)cc4)nn32)CC1.CC. The van der Waals surface area contributed by atoms with E-state index in [-0.39, 0.29) is 17.9 Å². The monoisotopic (exact) mass is 515 g/mol. The number of hydrogen-bond acceptors (Lipinski definition) is 5. The van der Waals surface area contributed by atoms with Gasteiger partial charge in [-0.15, -0.1) is 0 Å². The van der Waals surface area contributed by atoms with Crippen molar-refractivity contribution in [3.63, 3.8) is 0 Å². The topological polar surface area (TPSA) is 88.5 Å². The molecule has 1 unspecified atom stereocenters. The normalized spacial score (nSPS) is 16.8. The summed E-state index contributed by atoms with van der Waals surface area (Å²) in [4.78, 5) is 26.9. The second-order valence-corrected chi connectivity index (χ2v) is 9.19. The minimum Gasteiger partial charge on any atom is -0.457 e. The number of carbonyl (C=O) groups is 2. The molecule has 1 saturated heterocycles. The molecule has 2 aliphatic heterocycles. The van der Waals surface area contributed by atoms with Gasteiger partial charge in [0.1, 0.15) is 28.6 Å². The quantitative estimate of drug-likeness (QED) is 0.423. The number of nitrogens with one attached hydrogen (secondary N) is 2. The first-order chi connectivity index (χ1) is 18.6. The molecule has 2 aliphatic rings. The second-order valence-electron chi connectivity index (χ2n) is 9.19. The molecular formula is C30H37N5O3. The van der Waals surface area contributed by atoms with E-state index in [1.807, 2.05) is 78.0 Å². The Bertz CT molecular complexity index is 1240. The van der Waals surface area contributed by atoms with Crippen molar-refractivity contribution in [2.24, 2.45) is 5.92 Å². The average Bonchev–Trinajstić information content (AvgIpc) is 3.38. The van der Waals surface area contributed by atoms with Crippen LogP contribution in [0.2, 0.25) is 0 Å². The van der Waals surface area contributed by atoms with Crippen molar-refractivity contribution in [3.8, 4) is 22.8 Å². The van der Waals surface area contributed by atoms with Gasteiger partial charge in [-0.3, -0.25) is 9.59 Å². The highest BCUT2D eigenvalue weighted by Crippen LogP contribution is 2.40. The van der Waals surface area contributed by atoms with Crippen LogP contribution in [-0.4, -0.2) is 53.2 Å². The van der Waals surface area contributed by atoms with Crippen LogP contribution < -0.4 is 15.4 Å². The Morgan fingerprint density at radius 3 is 2.32 bits per heavy atom. The van der Waals surface area contributed by atoms with Gasteiger partial charge in [-0.2, -0.15) is 5.10 Å². The number of benzene rings is 2. The van der Waals surface area contributed by atoms with Gasteiger partial charge in [-0.1, -0.05) is 38.6 Å². The molecule has 1 fully saturated rings. The number of piperidine rings is 1. The van der Waals surface area contributed by atoms with E-state index in [0.29, 0.717) is 36.0 Å². The lowest BCUT2D eigenvalue weighted by Crippen LogP contribution is -2.41. The molecule has 38 heavy (non-hydrogen) atoms. The van der Waals surface area contributed by atoms with Crippen LogP contribution in [0, 0.1) is 5.92 Å². The lowest BCUT2D eigenvalue weighted by atomic mass is 9.87. The van der Waals surface area contributed by atoms with E-state index in [9.17, 15) is 9.59 Å². The number of rotatable bonds is 6. The number of likely N-dealkylation sites (tertiary alicyclic amines) is 1. The summed E-state index contributed by atoms with van der Waals surface area (Å²) in [7, 11) is 1.64. The Balaban J connectivity index is 0.00000164. The van der Waals surface area contributed by atoms with E-state index in [2.05, 4.69) is 17.2 Å². The molecule has 3 heterocycles. The Morgan fingerprint density at radius 1 is 1.03 bits per heavy atom. The summed E-state index contributed by atoms with van der Waals surface area (Å²) in [6.07, 6.45) is 4.11. The van der Waals surface area contributed by atoms with Gasteiger partial charge in [0.05, 0.1) is 6.04 Å². The van der Waals surface area contributed by atoms with Gasteiger partial charge in [0.15, 0.2) is 0 Å². The van der Waals surface area contributed by atoms with Crippen LogP contribution in [0.5, 0.6) is 11.5 Å². The fourth-order valence-electron chi connectivity index (χ4n) is 5.22. The zero-order valence-corrected chi connectivity index (χ0v) is 22.4. The van der Waals surface area contributed by atoms with Crippen molar-refractivity contribution in [1.29, 1.82) is 0 Å². The first kappa shape index (κ1) is 27.0. The second kappa shape index (κ2) is 12.4. The fourth-order valence-corrected chi connectivity index (χ4v) is 5.22. The molecule has 2 amide bonds. The van der Waals surface area contributed by atoms with Crippen molar-refractivity contribution in [3.05, 3.63) is 72.8 Å². The zero-order chi connectivity index (χ0) is 27.1. The number of nitrogens with zero attached hydrogens (tertiary/aromatic N) is 3. The van der Waals surface area contributed by atoms with Gasteiger partial charge in [-0.25, -0.2) is 4.68 Å². The maximum atomic E-state index is 13.0. The van der Waals surface area contributed by atoms with Gasteiger partial charge >= 0.3 is 0 Å². The maximum absolute atomic E-state index is 13.0. The van der Waals surface area contributed by atoms with Crippen LogP contribution in [-0.2, 0) is 4.79 Å². The molecule has 5 rings (SSSR count). The van der Waals surface area contributed by atoms with Crippen molar-refractivity contribution < 1.29 is 14.3 Å². The van der Waals surface area contributed by atoms with Crippen LogP contribution in [0.3, 0.4) is 0 Å². The standard InChI is InChI=1S/C28H31N5O3.C2H6/c1-3-24(34)32-17-14-19(15-18-32)23-13-16-30-27-25(28(35)29-2)26(31-33(23)27)20-9-11-22(12-10-20)36-21-7-5-4-6-8-21;1-2/h3-12,19,23,30H,1,13-18H2,2H3,(H,29,35);1-2H3. The molecule has 0 bridgehead atoms. The van der Waals surface area contributed by atoms with Crippen molar-refractivity contribution in [2.75, 3.05) is 32.0 Å². The minimum absolute atomic E-state index is 0.0116. The third-order valence-electron chi connectivity index (χ3n) is 7.09. The smallest absolute Gasteiger partial charge is 0.257 e. The Morgan fingerprint density at radius 2 is 1.68 bits per heavy atom. The number of amides is 2. The average molecular weight is 516 g/mol. The molecule has 0 radical (unpaired) electrons. The van der Waals surface area contributed by atoms with Crippen LogP contribution in [0.25, 0.3) is 11.3 Å². The fraction of sp³-hybridized carbons (Fsp3) is 0.367. The molecule has 8 heteroatoms. The summed E-state index contributed by atoms with van der Waals surface area (Å²) >= 11 is 0. The van der Waals surface area contributed by atoms with Crippen LogP contribution in [0.1, 0.15) is 49.5 Å². The van der Waals surface area contributed by atoms with Gasteiger partial charge in [0.2, 0.25) is 5.91 Å². The summed E-state index contributed by atoms with van der Waals surface area (Å²) in [6.45, 7) is 9.81. The first-order valence-electron chi connectivity index (χ1n) is 13.4. The largest absolute Gasteiger partial charge is 0.457 e. The molecule has 0 aliphatic carbocycles. The predicted octanol–water partition coefficient (Wildman–Crippen LogP) is 5.51. The molecule has 8 nitrogen and oxygen atoms in total. The van der Waals surface area contributed by atoms with E-state index in [0.717, 1.165) is 42.9 Å². The molecule has 2 N–H and O–H groups in total. The Labute approximate surface area is 224 Å². The third-order valence-corrected chi connectivity index (χ3v) is 7.09. The summed E-state index contributed by atoms with van der Waals surface area (Å²) in [6, 6.07) is 17.5. The van der Waals surface area contributed by atoms with E-state index < -0.39 is 0 Å². The molecule has 1 atom stereocenters. The molecule has 0 spiro atoms. The zero-order valence-electron chi connectivity index (χ0n) is 22.4. The van der Waals surface area contributed by atoms with Gasteiger partial charge in [0.25, 0.3) is 5.91 Å². The molecule has 200 valence electrons. The highest BCUT2D eigenvalue weighted by atomic mass is 16.5. The van der Waals surface area contributed by atoms with E-state index in [1.54, 1.807) is 7.05 Å². The highest BCUT2D eigenvalue weighted by Gasteiger charge is 2.36.